The van der Waals surface area contributed by atoms with Crippen molar-refractivity contribution in [3.05, 3.63) is 57.6 Å². The van der Waals surface area contributed by atoms with Gasteiger partial charge >= 0.3 is 0 Å². The Bertz CT molecular complexity index is 610. The predicted molar refractivity (Wildman–Crippen MR) is 76.4 cm³/mol. The topological polar surface area (TPSA) is 37.8 Å². The molecule has 1 aliphatic heterocycles. The van der Waals surface area contributed by atoms with Gasteiger partial charge in [0.15, 0.2) is 0 Å². The fraction of sp³-hybridized carbons (Fsp3) is 0.333. The molecule has 98 valence electrons. The number of hydrogen-bond donors (Lipinski definition) is 1. The summed E-state index contributed by atoms with van der Waals surface area (Å²) in [6, 6.07) is 7.87. The van der Waals surface area contributed by atoms with Crippen LogP contribution in [0.3, 0.4) is 0 Å². The van der Waals surface area contributed by atoms with Crippen molar-refractivity contribution in [1.82, 2.24) is 15.3 Å². The van der Waals surface area contributed by atoms with E-state index < -0.39 is 0 Å². The lowest BCUT2D eigenvalue weighted by molar-refractivity contribution is 0.613. The molecule has 0 spiro atoms. The molecule has 4 heteroatoms. The summed E-state index contributed by atoms with van der Waals surface area (Å²) in [5, 5.41) is 4.12. The van der Waals surface area contributed by atoms with E-state index in [2.05, 4.69) is 28.3 Å². The summed E-state index contributed by atoms with van der Waals surface area (Å²) >= 11 is 6.01. The van der Waals surface area contributed by atoms with Gasteiger partial charge in [0.1, 0.15) is 5.82 Å². The van der Waals surface area contributed by atoms with Gasteiger partial charge in [0.05, 0.1) is 5.69 Å². The van der Waals surface area contributed by atoms with E-state index in [1.807, 2.05) is 18.2 Å². The first-order valence-electron chi connectivity index (χ1n) is 6.53. The summed E-state index contributed by atoms with van der Waals surface area (Å²) in [5.74, 6) is 0.877. The molecule has 3 nitrogen and oxygen atoms in total. The highest BCUT2D eigenvalue weighted by Gasteiger charge is 2.15. The second-order valence-corrected chi connectivity index (χ2v) is 5.32. The van der Waals surface area contributed by atoms with Crippen LogP contribution in [0.5, 0.6) is 0 Å². The Hall–Kier alpha value is -1.45. The van der Waals surface area contributed by atoms with E-state index in [4.69, 9.17) is 11.6 Å². The number of hydrogen-bond acceptors (Lipinski definition) is 3. The van der Waals surface area contributed by atoms with Crippen molar-refractivity contribution in [3.63, 3.8) is 0 Å². The molecule has 0 bridgehead atoms. The molecule has 0 unspecified atom stereocenters. The molecule has 1 aromatic heterocycles. The zero-order chi connectivity index (χ0) is 13.2. The highest BCUT2D eigenvalue weighted by atomic mass is 35.5. The van der Waals surface area contributed by atoms with E-state index in [0.29, 0.717) is 0 Å². The lowest BCUT2D eigenvalue weighted by atomic mass is 10.0. The monoisotopic (exact) mass is 273 g/mol. The Morgan fingerprint density at radius 3 is 3.05 bits per heavy atom. The Kier molecular flexibility index (Phi) is 3.49. The van der Waals surface area contributed by atoms with E-state index in [1.165, 1.54) is 5.56 Å². The quantitative estimate of drug-likeness (QED) is 0.914. The van der Waals surface area contributed by atoms with Crippen LogP contribution >= 0.6 is 11.6 Å². The molecule has 0 aliphatic carbocycles. The maximum absolute atomic E-state index is 6.01. The Labute approximate surface area is 118 Å². The van der Waals surface area contributed by atoms with E-state index in [9.17, 15) is 0 Å². The minimum Gasteiger partial charge on any atom is -0.311 e. The van der Waals surface area contributed by atoms with Gasteiger partial charge in [0.25, 0.3) is 0 Å². The summed E-state index contributed by atoms with van der Waals surface area (Å²) in [4.78, 5) is 9.31. The molecular formula is C15H16ClN3. The second-order valence-electron chi connectivity index (χ2n) is 4.88. The number of aromatic nitrogens is 2. The summed E-state index contributed by atoms with van der Waals surface area (Å²) in [5.41, 5.74) is 4.73. The van der Waals surface area contributed by atoms with Gasteiger partial charge in [-0.15, -0.1) is 0 Å². The summed E-state index contributed by atoms with van der Waals surface area (Å²) in [6.45, 7) is 3.94. The molecule has 0 fully saturated rings. The van der Waals surface area contributed by atoms with Gasteiger partial charge < -0.3 is 5.32 Å². The molecule has 19 heavy (non-hydrogen) atoms. The number of aryl methyl sites for hydroxylation is 1. The highest BCUT2D eigenvalue weighted by molar-refractivity contribution is 6.30. The third kappa shape index (κ3) is 2.77. The Morgan fingerprint density at radius 1 is 1.32 bits per heavy atom. The van der Waals surface area contributed by atoms with Gasteiger partial charge in [0, 0.05) is 23.7 Å². The molecule has 0 radical (unpaired) electrons. The van der Waals surface area contributed by atoms with Crippen LogP contribution in [0.4, 0.5) is 0 Å². The average molecular weight is 274 g/mol. The molecule has 1 aromatic carbocycles. The molecule has 1 aliphatic rings. The fourth-order valence-corrected chi connectivity index (χ4v) is 2.73. The first-order chi connectivity index (χ1) is 9.22. The summed E-state index contributed by atoms with van der Waals surface area (Å²) in [6.07, 6.45) is 1.76. The smallest absolute Gasteiger partial charge is 0.133 e. The molecule has 0 amide bonds. The fourth-order valence-electron chi connectivity index (χ4n) is 2.52. The largest absolute Gasteiger partial charge is 0.311 e. The van der Waals surface area contributed by atoms with Crippen LogP contribution in [0.2, 0.25) is 5.02 Å². The molecule has 0 saturated heterocycles. The molecular weight excluding hydrogens is 258 g/mol. The van der Waals surface area contributed by atoms with Crippen molar-refractivity contribution in [3.8, 4) is 0 Å². The lowest BCUT2D eigenvalue weighted by Gasteiger charge is -2.18. The van der Waals surface area contributed by atoms with Crippen LogP contribution in [-0.4, -0.2) is 16.5 Å². The maximum Gasteiger partial charge on any atom is 0.133 e. The third-order valence-corrected chi connectivity index (χ3v) is 3.68. The Balaban J connectivity index is 1.91. The van der Waals surface area contributed by atoms with Crippen molar-refractivity contribution in [1.29, 1.82) is 0 Å². The van der Waals surface area contributed by atoms with Gasteiger partial charge in [-0.2, -0.15) is 0 Å². The zero-order valence-electron chi connectivity index (χ0n) is 10.9. The van der Waals surface area contributed by atoms with Gasteiger partial charge in [-0.3, -0.25) is 0 Å². The lowest BCUT2D eigenvalue weighted by Crippen LogP contribution is -2.26. The first-order valence-corrected chi connectivity index (χ1v) is 6.90. The first kappa shape index (κ1) is 12.6. The minimum atomic E-state index is 0.731. The molecule has 3 rings (SSSR count). The molecule has 2 heterocycles. The maximum atomic E-state index is 6.01. The van der Waals surface area contributed by atoms with Crippen LogP contribution < -0.4 is 5.32 Å². The standard InChI is InChI=1S/C15H16ClN3/c1-10-13-5-6-17-9-14(13)19-15(18-10)8-11-3-2-4-12(16)7-11/h2-4,7,17H,5-6,8-9H2,1H3. The SMILES string of the molecule is Cc1nc(Cc2cccc(Cl)c2)nc2c1CCNC2. The van der Waals surface area contributed by atoms with Crippen LogP contribution in [0.1, 0.15) is 28.3 Å². The third-order valence-electron chi connectivity index (χ3n) is 3.44. The molecule has 0 atom stereocenters. The molecule has 2 aromatic rings. The van der Waals surface area contributed by atoms with Crippen LogP contribution in [-0.2, 0) is 19.4 Å². The summed E-state index contributed by atoms with van der Waals surface area (Å²) in [7, 11) is 0. The van der Waals surface area contributed by atoms with E-state index in [0.717, 1.165) is 53.7 Å². The van der Waals surface area contributed by atoms with E-state index in [-0.39, 0.29) is 0 Å². The van der Waals surface area contributed by atoms with Crippen molar-refractivity contribution in [2.75, 3.05) is 6.54 Å². The number of halogens is 1. The average Bonchev–Trinajstić information content (AvgIpc) is 2.39. The van der Waals surface area contributed by atoms with E-state index in [1.54, 1.807) is 0 Å². The minimum absolute atomic E-state index is 0.731. The van der Waals surface area contributed by atoms with Gasteiger partial charge in [-0.05, 0) is 43.1 Å². The van der Waals surface area contributed by atoms with Crippen molar-refractivity contribution in [2.24, 2.45) is 0 Å². The molecule has 1 N–H and O–H groups in total. The number of nitrogens with one attached hydrogen (secondary N) is 1. The second kappa shape index (κ2) is 5.27. The van der Waals surface area contributed by atoms with Gasteiger partial charge in [-0.1, -0.05) is 23.7 Å². The van der Waals surface area contributed by atoms with Gasteiger partial charge in [-0.25, -0.2) is 9.97 Å². The van der Waals surface area contributed by atoms with E-state index >= 15 is 0 Å². The van der Waals surface area contributed by atoms with Crippen molar-refractivity contribution < 1.29 is 0 Å². The predicted octanol–water partition coefficient (Wildman–Crippen LogP) is 2.67. The highest BCUT2D eigenvalue weighted by Crippen LogP contribution is 2.17. The number of nitrogens with zero attached hydrogens (tertiary/aromatic N) is 2. The normalized spacial score (nSPS) is 14.2. The zero-order valence-corrected chi connectivity index (χ0v) is 11.7. The van der Waals surface area contributed by atoms with Crippen LogP contribution in [0.25, 0.3) is 0 Å². The number of rotatable bonds is 2. The number of benzene rings is 1. The Morgan fingerprint density at radius 2 is 2.21 bits per heavy atom. The van der Waals surface area contributed by atoms with Crippen LogP contribution in [0, 0.1) is 6.92 Å². The molecule has 0 saturated carbocycles. The summed E-state index contributed by atoms with van der Waals surface area (Å²) < 4.78 is 0. The van der Waals surface area contributed by atoms with Crippen molar-refractivity contribution in [2.45, 2.75) is 26.3 Å². The van der Waals surface area contributed by atoms with Gasteiger partial charge in [0.2, 0.25) is 0 Å². The van der Waals surface area contributed by atoms with Crippen LogP contribution in [0.15, 0.2) is 24.3 Å². The number of fused-ring (bicyclic) bond motifs is 1. The van der Waals surface area contributed by atoms with Crippen molar-refractivity contribution >= 4 is 11.6 Å².